The monoisotopic (exact) mass is 691 g/mol. The Morgan fingerprint density at radius 3 is 1.80 bits per heavy atom. The lowest BCUT2D eigenvalue weighted by Gasteiger charge is -2.46. The second-order valence-corrected chi connectivity index (χ2v) is 15.1. The molecule has 10 rings (SSSR count). The van der Waals surface area contributed by atoms with E-state index in [0.29, 0.717) is 5.56 Å². The van der Waals surface area contributed by atoms with Crippen molar-refractivity contribution >= 4 is 11.5 Å². The summed E-state index contributed by atoms with van der Waals surface area (Å²) in [4.78, 5) is 5.33. The van der Waals surface area contributed by atoms with E-state index in [1.165, 1.54) is 55.6 Å². The van der Waals surface area contributed by atoms with Crippen LogP contribution in [0.5, 0.6) is 0 Å². The number of nitrogens with one attached hydrogen (secondary N) is 1. The van der Waals surface area contributed by atoms with Crippen LogP contribution in [0.4, 0.5) is 0 Å². The number of rotatable bonds is 4. The summed E-state index contributed by atoms with van der Waals surface area (Å²) in [6.45, 7) is 4.72. The van der Waals surface area contributed by atoms with Crippen molar-refractivity contribution in [1.82, 2.24) is 5.32 Å². The minimum Gasteiger partial charge on any atom is -0.340 e. The summed E-state index contributed by atoms with van der Waals surface area (Å²) < 4.78 is 0. The summed E-state index contributed by atoms with van der Waals surface area (Å²) in [5, 5.41) is 13.5. The van der Waals surface area contributed by atoms with Crippen LogP contribution in [-0.2, 0) is 10.8 Å². The number of aliphatic imine (C=N–C) groups is 1. The zero-order valence-electron chi connectivity index (χ0n) is 30.2. The van der Waals surface area contributed by atoms with Gasteiger partial charge in [0.05, 0.1) is 23.1 Å². The Kier molecular flexibility index (Phi) is 7.19. The van der Waals surface area contributed by atoms with Gasteiger partial charge >= 0.3 is 0 Å². The topological polar surface area (TPSA) is 48.2 Å². The highest BCUT2D eigenvalue weighted by molar-refractivity contribution is 6.06. The first-order valence-corrected chi connectivity index (χ1v) is 18.6. The van der Waals surface area contributed by atoms with Gasteiger partial charge in [0.1, 0.15) is 5.84 Å². The smallest absolute Gasteiger partial charge is 0.133 e. The summed E-state index contributed by atoms with van der Waals surface area (Å²) in [6.07, 6.45) is 2.17. The Bertz CT molecular complexity index is 2680. The second kappa shape index (κ2) is 12.2. The van der Waals surface area contributed by atoms with Crippen LogP contribution < -0.4 is 5.32 Å². The number of amidine groups is 1. The lowest BCUT2D eigenvalue weighted by atomic mass is 9.55. The third kappa shape index (κ3) is 4.70. The second-order valence-electron chi connectivity index (χ2n) is 15.1. The van der Waals surface area contributed by atoms with E-state index < -0.39 is 5.41 Å². The summed E-state index contributed by atoms with van der Waals surface area (Å²) in [5.74, 6) is 0.804. The van der Waals surface area contributed by atoms with E-state index in [9.17, 15) is 5.26 Å². The van der Waals surface area contributed by atoms with Gasteiger partial charge in [0.2, 0.25) is 0 Å². The van der Waals surface area contributed by atoms with Gasteiger partial charge in [0.25, 0.3) is 0 Å². The fourth-order valence-corrected chi connectivity index (χ4v) is 9.30. The van der Waals surface area contributed by atoms with Crippen LogP contribution >= 0.6 is 0 Å². The largest absolute Gasteiger partial charge is 0.340 e. The van der Waals surface area contributed by atoms with Crippen LogP contribution in [0.3, 0.4) is 0 Å². The van der Waals surface area contributed by atoms with E-state index in [4.69, 9.17) is 4.99 Å². The molecule has 0 amide bonds. The fourth-order valence-electron chi connectivity index (χ4n) is 9.30. The maximum Gasteiger partial charge on any atom is 0.133 e. The molecule has 1 atom stereocenters. The molecule has 0 saturated carbocycles. The van der Waals surface area contributed by atoms with Crippen LogP contribution in [0.25, 0.3) is 28.0 Å². The lowest BCUT2D eigenvalue weighted by Crippen LogP contribution is -2.40. The first kappa shape index (κ1) is 31.9. The summed E-state index contributed by atoms with van der Waals surface area (Å²) in [6, 6.07) is 63.0. The van der Waals surface area contributed by atoms with E-state index in [2.05, 4.69) is 177 Å². The Hall–Kier alpha value is -6.76. The first-order valence-electron chi connectivity index (χ1n) is 18.6. The average molecular weight is 692 g/mol. The molecule has 1 aliphatic heterocycles. The van der Waals surface area contributed by atoms with E-state index in [1.807, 2.05) is 24.3 Å². The molecule has 1 N–H and O–H groups in total. The third-order valence-electron chi connectivity index (χ3n) is 11.8. The summed E-state index contributed by atoms with van der Waals surface area (Å²) in [7, 11) is 0. The zero-order valence-corrected chi connectivity index (χ0v) is 30.2. The van der Waals surface area contributed by atoms with Crippen molar-refractivity contribution in [2.24, 2.45) is 4.99 Å². The van der Waals surface area contributed by atoms with Gasteiger partial charge in [-0.3, -0.25) is 4.99 Å². The Morgan fingerprint density at radius 1 is 0.519 bits per heavy atom. The molecule has 1 heterocycles. The quantitative estimate of drug-likeness (QED) is 0.200. The van der Waals surface area contributed by atoms with Crippen LogP contribution in [0, 0.1) is 11.3 Å². The number of hydrogen-bond acceptors (Lipinski definition) is 3. The molecule has 0 bridgehead atoms. The molecule has 0 aromatic heterocycles. The highest BCUT2D eigenvalue weighted by Gasteiger charge is 2.53. The lowest BCUT2D eigenvalue weighted by molar-refractivity contribution is 0.563. The minimum atomic E-state index is -0.444. The van der Waals surface area contributed by atoms with Crippen molar-refractivity contribution in [3.63, 3.8) is 0 Å². The molecule has 256 valence electrons. The van der Waals surface area contributed by atoms with Crippen molar-refractivity contribution in [1.29, 1.82) is 5.26 Å². The number of benzene rings is 7. The summed E-state index contributed by atoms with van der Waals surface area (Å²) in [5.41, 5.74) is 17.0. The summed E-state index contributed by atoms with van der Waals surface area (Å²) >= 11 is 0. The molecule has 7 aromatic carbocycles. The molecule has 1 unspecified atom stereocenters. The van der Waals surface area contributed by atoms with Gasteiger partial charge in [-0.25, -0.2) is 0 Å². The van der Waals surface area contributed by atoms with E-state index in [-0.39, 0.29) is 11.5 Å². The number of nitriles is 1. The molecule has 2 aliphatic carbocycles. The Morgan fingerprint density at radius 2 is 1.09 bits per heavy atom. The number of nitrogens with zero attached hydrogens (tertiary/aromatic N) is 2. The van der Waals surface area contributed by atoms with Gasteiger partial charge in [0, 0.05) is 16.7 Å². The van der Waals surface area contributed by atoms with E-state index in [0.717, 1.165) is 28.2 Å². The van der Waals surface area contributed by atoms with Crippen molar-refractivity contribution in [2.45, 2.75) is 30.7 Å². The van der Waals surface area contributed by atoms with Gasteiger partial charge in [-0.05, 0) is 91.0 Å². The van der Waals surface area contributed by atoms with Gasteiger partial charge < -0.3 is 5.32 Å². The van der Waals surface area contributed by atoms with Crippen LogP contribution in [-0.4, -0.2) is 5.84 Å². The Labute approximate surface area is 316 Å². The molecule has 54 heavy (non-hydrogen) atoms. The van der Waals surface area contributed by atoms with Crippen molar-refractivity contribution in [2.75, 3.05) is 0 Å². The molecule has 3 heteroatoms. The standard InChI is InChI=1S/C51H37N3/c1-50(2)43-19-8-10-21-45(43)51(46-22-11-9-20-44(46)50)41-18-7-6-17-39(41)40-30-38(27-28-42(40)51)49-53-47(31-48(54-49)37-16-12-13-33(29-37)32-52)36-25-23-35(24-26-36)34-14-4-3-5-15-34/h3-31,48H,1-2H3,(H,53,54). The first-order chi connectivity index (χ1) is 26.5. The predicted molar refractivity (Wildman–Crippen MR) is 219 cm³/mol. The maximum absolute atomic E-state index is 9.75. The van der Waals surface area contributed by atoms with Crippen LogP contribution in [0.1, 0.15) is 75.5 Å². The minimum absolute atomic E-state index is 0.142. The predicted octanol–water partition coefficient (Wildman–Crippen LogP) is 11.4. The van der Waals surface area contributed by atoms with Crippen molar-refractivity contribution in [3.8, 4) is 28.3 Å². The Balaban J connectivity index is 1.13. The van der Waals surface area contributed by atoms with Crippen LogP contribution in [0.15, 0.2) is 181 Å². The van der Waals surface area contributed by atoms with Gasteiger partial charge in [0.15, 0.2) is 0 Å². The van der Waals surface area contributed by atoms with Crippen molar-refractivity contribution < 1.29 is 0 Å². The highest BCUT2D eigenvalue weighted by Crippen LogP contribution is 2.62. The van der Waals surface area contributed by atoms with Crippen LogP contribution in [0.2, 0.25) is 0 Å². The van der Waals surface area contributed by atoms with E-state index in [1.54, 1.807) is 0 Å². The molecule has 3 nitrogen and oxygen atoms in total. The molecule has 1 spiro atoms. The number of hydrogen-bond donors (Lipinski definition) is 1. The average Bonchev–Trinajstić information content (AvgIpc) is 3.53. The zero-order chi connectivity index (χ0) is 36.4. The SMILES string of the molecule is CC1(C)c2ccccc2C2(c3ccccc3-c3cc(C4=NC(c5cccc(C#N)c5)C=C(c5ccc(-c6ccccc6)cc5)N4)ccc32)c2ccccc21. The molecular weight excluding hydrogens is 655 g/mol. The third-order valence-corrected chi connectivity index (χ3v) is 11.8. The molecule has 3 aliphatic rings. The van der Waals surface area contributed by atoms with Gasteiger partial charge in [-0.1, -0.05) is 166 Å². The molecular formula is C51H37N3. The number of fused-ring (bicyclic) bond motifs is 9. The highest BCUT2D eigenvalue weighted by atomic mass is 15.0. The molecule has 0 saturated heterocycles. The van der Waals surface area contributed by atoms with Gasteiger partial charge in [-0.15, -0.1) is 0 Å². The molecule has 7 aromatic rings. The normalized spacial score (nSPS) is 16.8. The molecule has 0 fully saturated rings. The fraction of sp³-hybridized carbons (Fsp3) is 0.0980. The van der Waals surface area contributed by atoms with E-state index >= 15 is 0 Å². The van der Waals surface area contributed by atoms with Gasteiger partial charge in [-0.2, -0.15) is 5.26 Å². The maximum atomic E-state index is 9.75. The van der Waals surface area contributed by atoms with Crippen molar-refractivity contribution in [3.05, 3.63) is 232 Å². The molecule has 0 radical (unpaired) electrons.